The molecule has 1 aliphatic heterocycles. The summed E-state index contributed by atoms with van der Waals surface area (Å²) in [4.78, 5) is 28.2. The van der Waals surface area contributed by atoms with Gasteiger partial charge in [-0.1, -0.05) is 29.8 Å². The summed E-state index contributed by atoms with van der Waals surface area (Å²) in [6, 6.07) is 10.0. The summed E-state index contributed by atoms with van der Waals surface area (Å²) in [6.45, 7) is 3.78. The molecule has 154 valence electrons. The van der Waals surface area contributed by atoms with Crippen LogP contribution in [-0.2, 0) is 11.3 Å². The van der Waals surface area contributed by atoms with Crippen LogP contribution in [0.2, 0.25) is 5.02 Å². The van der Waals surface area contributed by atoms with E-state index in [2.05, 4.69) is 28.4 Å². The van der Waals surface area contributed by atoms with E-state index < -0.39 is 0 Å². The van der Waals surface area contributed by atoms with E-state index >= 15 is 0 Å². The number of hydrogen-bond donors (Lipinski definition) is 1. The van der Waals surface area contributed by atoms with E-state index in [9.17, 15) is 9.59 Å². The number of carbonyl (C=O) groups excluding carboxylic acids is 2. The Morgan fingerprint density at radius 2 is 1.90 bits per heavy atom. The quantitative estimate of drug-likeness (QED) is 0.831. The lowest BCUT2D eigenvalue weighted by Gasteiger charge is -2.26. The van der Waals surface area contributed by atoms with Gasteiger partial charge in [0.1, 0.15) is 0 Å². The summed E-state index contributed by atoms with van der Waals surface area (Å²) in [5.74, 6) is 1.22. The number of amides is 2. The Bertz CT molecular complexity index is 900. The zero-order valence-electron chi connectivity index (χ0n) is 16.7. The van der Waals surface area contributed by atoms with Gasteiger partial charge in [0.05, 0.1) is 0 Å². The minimum Gasteiger partial charge on any atom is -0.322 e. The normalized spacial score (nSPS) is 23.4. The lowest BCUT2D eigenvalue weighted by atomic mass is 10.0. The molecule has 0 spiro atoms. The van der Waals surface area contributed by atoms with E-state index in [1.165, 1.54) is 11.6 Å². The van der Waals surface area contributed by atoms with E-state index in [1.807, 2.05) is 23.1 Å². The molecule has 2 aliphatic rings. The van der Waals surface area contributed by atoms with Crippen molar-refractivity contribution in [2.75, 3.05) is 25.5 Å². The van der Waals surface area contributed by atoms with E-state index in [0.29, 0.717) is 23.7 Å². The highest BCUT2D eigenvalue weighted by Gasteiger charge is 2.43. The van der Waals surface area contributed by atoms with Gasteiger partial charge in [0.15, 0.2) is 5.82 Å². The molecule has 2 heterocycles. The minimum absolute atomic E-state index is 0.128. The summed E-state index contributed by atoms with van der Waals surface area (Å²) >= 11 is 6.31. The van der Waals surface area contributed by atoms with Crippen LogP contribution < -0.4 is 5.32 Å². The standard InChI is InChI=1S/C21H26ClN5O2/c1-14(28)23-20-7-8-27(24-20)21(29)26-12-16-9-18(10-17(16)13-26)25(2)11-15-5-3-4-6-19(15)22/h3-8,16-18H,9-13H2,1-2H3,(H,23,24,28)/t16-,17+,18+. The Morgan fingerprint density at radius 3 is 2.55 bits per heavy atom. The summed E-state index contributed by atoms with van der Waals surface area (Å²) < 4.78 is 1.31. The van der Waals surface area contributed by atoms with Crippen LogP contribution in [0.3, 0.4) is 0 Å². The smallest absolute Gasteiger partial charge is 0.322 e. The molecule has 1 aromatic carbocycles. The van der Waals surface area contributed by atoms with Gasteiger partial charge in [-0.05, 0) is 43.4 Å². The van der Waals surface area contributed by atoms with Crippen molar-refractivity contribution < 1.29 is 9.59 Å². The van der Waals surface area contributed by atoms with Crippen molar-refractivity contribution in [3.05, 3.63) is 47.1 Å². The molecule has 1 aromatic heterocycles. The van der Waals surface area contributed by atoms with Crippen LogP contribution in [0.15, 0.2) is 36.5 Å². The van der Waals surface area contributed by atoms with Crippen molar-refractivity contribution in [1.29, 1.82) is 0 Å². The maximum Gasteiger partial charge on any atom is 0.344 e. The van der Waals surface area contributed by atoms with Gasteiger partial charge in [-0.15, -0.1) is 5.10 Å². The maximum atomic E-state index is 12.8. The van der Waals surface area contributed by atoms with Crippen LogP contribution in [-0.4, -0.2) is 57.7 Å². The number of halogens is 1. The highest BCUT2D eigenvalue weighted by Crippen LogP contribution is 2.40. The lowest BCUT2D eigenvalue weighted by Crippen LogP contribution is -2.36. The SMILES string of the molecule is CC(=O)Nc1ccn(C(=O)N2C[C@H]3C[C@H](N(C)Cc4ccccc4Cl)C[C@H]3C2)n1. The number of rotatable bonds is 4. The summed E-state index contributed by atoms with van der Waals surface area (Å²) in [6.07, 6.45) is 3.78. The first kappa shape index (κ1) is 19.9. The van der Waals surface area contributed by atoms with Gasteiger partial charge in [0.25, 0.3) is 0 Å². The highest BCUT2D eigenvalue weighted by atomic mass is 35.5. The number of anilines is 1. The molecule has 1 aliphatic carbocycles. The van der Waals surface area contributed by atoms with Crippen LogP contribution in [0.1, 0.15) is 25.3 Å². The van der Waals surface area contributed by atoms with Gasteiger partial charge < -0.3 is 10.2 Å². The summed E-state index contributed by atoms with van der Waals surface area (Å²) in [7, 11) is 2.16. The molecule has 0 radical (unpaired) electrons. The zero-order valence-corrected chi connectivity index (χ0v) is 17.5. The van der Waals surface area contributed by atoms with Crippen molar-refractivity contribution in [1.82, 2.24) is 19.6 Å². The largest absolute Gasteiger partial charge is 0.344 e. The molecule has 2 aromatic rings. The van der Waals surface area contributed by atoms with Gasteiger partial charge in [0.2, 0.25) is 5.91 Å². The average Bonchev–Trinajstić information content (AvgIpc) is 3.37. The molecule has 7 nitrogen and oxygen atoms in total. The summed E-state index contributed by atoms with van der Waals surface area (Å²) in [5, 5.41) is 7.57. The molecular formula is C21H26ClN5O2. The number of nitrogens with zero attached hydrogens (tertiary/aromatic N) is 4. The Kier molecular flexibility index (Phi) is 5.61. The first-order valence-corrected chi connectivity index (χ1v) is 10.3. The minimum atomic E-state index is -0.203. The zero-order chi connectivity index (χ0) is 20.5. The second-order valence-corrected chi connectivity index (χ2v) is 8.57. The fraction of sp³-hybridized carbons (Fsp3) is 0.476. The second kappa shape index (κ2) is 8.16. The third kappa shape index (κ3) is 4.31. The third-order valence-corrected chi connectivity index (χ3v) is 6.46. The van der Waals surface area contributed by atoms with Crippen LogP contribution in [0.5, 0.6) is 0 Å². The Hall–Kier alpha value is -2.38. The molecule has 2 amide bonds. The maximum absolute atomic E-state index is 12.8. The number of carbonyl (C=O) groups is 2. The van der Waals surface area contributed by atoms with E-state index in [4.69, 9.17) is 11.6 Å². The Morgan fingerprint density at radius 1 is 1.21 bits per heavy atom. The van der Waals surface area contributed by atoms with Crippen LogP contribution in [0.4, 0.5) is 10.6 Å². The van der Waals surface area contributed by atoms with Crippen LogP contribution in [0.25, 0.3) is 0 Å². The topological polar surface area (TPSA) is 70.5 Å². The molecule has 4 rings (SSSR count). The molecule has 2 fully saturated rings. The molecular weight excluding hydrogens is 390 g/mol. The number of fused-ring (bicyclic) bond motifs is 1. The van der Waals surface area contributed by atoms with Crippen LogP contribution >= 0.6 is 11.6 Å². The number of nitrogens with one attached hydrogen (secondary N) is 1. The fourth-order valence-electron chi connectivity index (χ4n) is 4.63. The van der Waals surface area contributed by atoms with E-state index in [-0.39, 0.29) is 11.9 Å². The predicted octanol–water partition coefficient (Wildman–Crippen LogP) is 3.31. The number of hydrogen-bond acceptors (Lipinski definition) is 4. The number of benzene rings is 1. The van der Waals surface area contributed by atoms with Crippen LogP contribution in [0, 0.1) is 11.8 Å². The number of aromatic nitrogens is 2. The van der Waals surface area contributed by atoms with Crippen molar-refractivity contribution >= 4 is 29.4 Å². The van der Waals surface area contributed by atoms with E-state index in [0.717, 1.165) is 43.1 Å². The predicted molar refractivity (Wildman–Crippen MR) is 112 cm³/mol. The monoisotopic (exact) mass is 415 g/mol. The van der Waals surface area contributed by atoms with E-state index in [1.54, 1.807) is 12.3 Å². The molecule has 8 heteroatoms. The second-order valence-electron chi connectivity index (χ2n) is 8.17. The Labute approximate surface area is 175 Å². The average molecular weight is 416 g/mol. The Balaban J connectivity index is 1.32. The van der Waals surface area contributed by atoms with Gasteiger partial charge in [-0.25, -0.2) is 4.79 Å². The molecule has 1 saturated heterocycles. The van der Waals surface area contributed by atoms with Crippen molar-refractivity contribution in [3.63, 3.8) is 0 Å². The highest BCUT2D eigenvalue weighted by molar-refractivity contribution is 6.31. The molecule has 0 bridgehead atoms. The van der Waals surface area contributed by atoms with Gasteiger partial charge >= 0.3 is 6.03 Å². The summed E-state index contributed by atoms with van der Waals surface area (Å²) in [5.41, 5.74) is 1.15. The molecule has 29 heavy (non-hydrogen) atoms. The molecule has 1 N–H and O–H groups in total. The first-order chi connectivity index (χ1) is 13.9. The fourth-order valence-corrected chi connectivity index (χ4v) is 4.83. The third-order valence-electron chi connectivity index (χ3n) is 6.09. The number of likely N-dealkylation sites (tertiary alicyclic amines) is 1. The molecule has 0 unspecified atom stereocenters. The van der Waals surface area contributed by atoms with Gasteiger partial charge in [0, 0.05) is 49.9 Å². The first-order valence-electron chi connectivity index (χ1n) is 9.97. The van der Waals surface area contributed by atoms with Crippen molar-refractivity contribution in [2.45, 2.75) is 32.4 Å². The molecule has 3 atom stereocenters. The van der Waals surface area contributed by atoms with Crippen molar-refractivity contribution in [2.24, 2.45) is 11.8 Å². The molecule has 1 saturated carbocycles. The van der Waals surface area contributed by atoms with Gasteiger partial charge in [-0.2, -0.15) is 4.68 Å². The van der Waals surface area contributed by atoms with Crippen molar-refractivity contribution in [3.8, 4) is 0 Å². The lowest BCUT2D eigenvalue weighted by molar-refractivity contribution is -0.114. The van der Waals surface area contributed by atoms with Gasteiger partial charge in [-0.3, -0.25) is 9.69 Å².